The van der Waals surface area contributed by atoms with Crippen LogP contribution in [-0.2, 0) is 12.4 Å². The van der Waals surface area contributed by atoms with E-state index in [0.717, 1.165) is 24.3 Å². The first-order valence-electron chi connectivity index (χ1n) is 8.10. The van der Waals surface area contributed by atoms with E-state index >= 15 is 0 Å². The Labute approximate surface area is 162 Å². The summed E-state index contributed by atoms with van der Waals surface area (Å²) in [5.41, 5.74) is -1.20. The van der Waals surface area contributed by atoms with E-state index in [1.807, 2.05) is 0 Å². The van der Waals surface area contributed by atoms with Crippen molar-refractivity contribution < 1.29 is 35.9 Å². The molecule has 0 unspecified atom stereocenters. The van der Waals surface area contributed by atoms with Crippen molar-refractivity contribution >= 4 is 11.8 Å². The van der Waals surface area contributed by atoms with Crippen LogP contribution in [0.25, 0.3) is 0 Å². The van der Waals surface area contributed by atoms with Gasteiger partial charge in [0.05, 0.1) is 11.1 Å². The monoisotopic (exact) mass is 420 g/mol. The molecule has 2 amide bonds. The molecular weight excluding hydrogens is 402 g/mol. The number of amides is 2. The first-order valence-corrected chi connectivity index (χ1v) is 8.10. The van der Waals surface area contributed by atoms with Crippen molar-refractivity contribution in [1.29, 1.82) is 0 Å². The van der Waals surface area contributed by atoms with Crippen LogP contribution in [0.2, 0.25) is 0 Å². The fourth-order valence-electron chi connectivity index (χ4n) is 2.20. The molecule has 2 N–H and O–H groups in total. The van der Waals surface area contributed by atoms with Crippen LogP contribution in [0.3, 0.4) is 0 Å². The maximum Gasteiger partial charge on any atom is 0.416 e. The standard InChI is InChI=1S/C10H10F3NO.C9H8F3NO/c1-6-3-7(9(15)14-2)5-8(4-6)10(11,12)13;1-13-8(14)6-3-2-4-7(5-6)9(10,11)12/h3-5H,1-2H3,(H,14,15);2-5H,1H3,(H,13,14). The minimum absolute atomic E-state index is 0.00215. The highest BCUT2D eigenvalue weighted by Crippen LogP contribution is 2.31. The van der Waals surface area contributed by atoms with Crippen LogP contribution in [0, 0.1) is 6.92 Å². The van der Waals surface area contributed by atoms with Gasteiger partial charge in [-0.1, -0.05) is 6.07 Å². The second-order valence-electron chi connectivity index (χ2n) is 5.82. The van der Waals surface area contributed by atoms with Crippen molar-refractivity contribution in [2.45, 2.75) is 19.3 Å². The van der Waals surface area contributed by atoms with Crippen molar-refractivity contribution in [3.63, 3.8) is 0 Å². The number of alkyl halides is 6. The Balaban J connectivity index is 0.000000291. The molecular formula is C19H18F6N2O2. The molecule has 10 heteroatoms. The lowest BCUT2D eigenvalue weighted by Gasteiger charge is -2.09. The predicted octanol–water partition coefficient (Wildman–Crippen LogP) is 4.44. The Kier molecular flexibility index (Phi) is 7.81. The van der Waals surface area contributed by atoms with E-state index in [-0.39, 0.29) is 11.1 Å². The second-order valence-corrected chi connectivity index (χ2v) is 5.82. The summed E-state index contributed by atoms with van der Waals surface area (Å²) in [6, 6.07) is 7.53. The van der Waals surface area contributed by atoms with Gasteiger partial charge in [0.1, 0.15) is 0 Å². The average Bonchev–Trinajstić information content (AvgIpc) is 2.65. The third-order valence-corrected chi connectivity index (χ3v) is 3.57. The molecule has 158 valence electrons. The van der Waals surface area contributed by atoms with Crippen LogP contribution in [0.1, 0.15) is 37.4 Å². The van der Waals surface area contributed by atoms with Crippen molar-refractivity contribution in [3.05, 3.63) is 70.3 Å². The molecule has 29 heavy (non-hydrogen) atoms. The van der Waals surface area contributed by atoms with Crippen molar-refractivity contribution in [2.75, 3.05) is 14.1 Å². The third kappa shape index (κ3) is 7.13. The Morgan fingerprint density at radius 1 is 0.724 bits per heavy atom. The van der Waals surface area contributed by atoms with Gasteiger partial charge in [-0.15, -0.1) is 0 Å². The molecule has 0 aromatic heterocycles. The number of carbonyl (C=O) groups is 2. The van der Waals surface area contributed by atoms with E-state index < -0.39 is 35.3 Å². The van der Waals surface area contributed by atoms with Crippen molar-refractivity contribution in [3.8, 4) is 0 Å². The van der Waals surface area contributed by atoms with Crippen molar-refractivity contribution in [2.24, 2.45) is 0 Å². The fraction of sp³-hybridized carbons (Fsp3) is 0.263. The number of aryl methyl sites for hydroxylation is 1. The average molecular weight is 420 g/mol. The lowest BCUT2D eigenvalue weighted by molar-refractivity contribution is -0.138. The smallest absolute Gasteiger partial charge is 0.355 e. The Hall–Kier alpha value is -3.04. The normalized spacial score (nSPS) is 11.2. The third-order valence-electron chi connectivity index (χ3n) is 3.57. The number of benzene rings is 2. The number of carbonyl (C=O) groups excluding carboxylic acids is 2. The van der Waals surface area contributed by atoms with Crippen LogP contribution in [0.15, 0.2) is 42.5 Å². The predicted molar refractivity (Wildman–Crippen MR) is 94.4 cm³/mol. The van der Waals surface area contributed by atoms with Gasteiger partial charge in [-0.3, -0.25) is 9.59 Å². The SMILES string of the molecule is CNC(=O)c1cc(C)cc(C(F)(F)F)c1.CNC(=O)c1cccc(C(F)(F)F)c1. The number of hydrogen-bond donors (Lipinski definition) is 2. The maximum atomic E-state index is 12.4. The van der Waals surface area contributed by atoms with E-state index in [2.05, 4.69) is 10.6 Å². The Morgan fingerprint density at radius 3 is 1.69 bits per heavy atom. The van der Waals surface area contributed by atoms with E-state index in [1.165, 1.54) is 39.2 Å². The van der Waals surface area contributed by atoms with Crippen LogP contribution < -0.4 is 10.6 Å². The molecule has 0 fully saturated rings. The van der Waals surface area contributed by atoms with Crippen LogP contribution in [0.5, 0.6) is 0 Å². The van der Waals surface area contributed by atoms with Gasteiger partial charge in [-0.25, -0.2) is 0 Å². The lowest BCUT2D eigenvalue weighted by Crippen LogP contribution is -2.19. The molecule has 0 saturated heterocycles. The molecule has 2 aromatic rings. The van der Waals surface area contributed by atoms with Gasteiger partial charge in [0, 0.05) is 25.2 Å². The molecule has 0 aliphatic heterocycles. The molecule has 0 atom stereocenters. The quantitative estimate of drug-likeness (QED) is 0.706. The van der Waals surface area contributed by atoms with Gasteiger partial charge >= 0.3 is 12.4 Å². The van der Waals surface area contributed by atoms with Crippen LogP contribution in [0.4, 0.5) is 26.3 Å². The molecule has 2 aromatic carbocycles. The van der Waals surface area contributed by atoms with E-state index in [9.17, 15) is 35.9 Å². The summed E-state index contributed by atoms with van der Waals surface area (Å²) in [4.78, 5) is 22.2. The van der Waals surface area contributed by atoms with Gasteiger partial charge in [0.2, 0.25) is 0 Å². The molecule has 0 heterocycles. The largest absolute Gasteiger partial charge is 0.416 e. The van der Waals surface area contributed by atoms with Crippen molar-refractivity contribution in [1.82, 2.24) is 10.6 Å². The zero-order valence-electron chi connectivity index (χ0n) is 15.6. The van der Waals surface area contributed by atoms with Crippen LogP contribution in [-0.4, -0.2) is 25.9 Å². The first kappa shape index (κ1) is 24.0. The highest BCUT2D eigenvalue weighted by atomic mass is 19.4. The summed E-state index contributed by atoms with van der Waals surface area (Å²) < 4.78 is 73.8. The molecule has 0 spiro atoms. The second kappa shape index (κ2) is 9.44. The summed E-state index contributed by atoms with van der Waals surface area (Å²) >= 11 is 0. The number of rotatable bonds is 2. The van der Waals surface area contributed by atoms with Gasteiger partial charge in [0.15, 0.2) is 0 Å². The zero-order valence-corrected chi connectivity index (χ0v) is 15.6. The van der Waals surface area contributed by atoms with Crippen LogP contribution >= 0.6 is 0 Å². The number of nitrogens with one attached hydrogen (secondary N) is 2. The maximum absolute atomic E-state index is 12.4. The summed E-state index contributed by atoms with van der Waals surface area (Å²) in [6.45, 7) is 1.52. The first-order chi connectivity index (χ1) is 13.3. The summed E-state index contributed by atoms with van der Waals surface area (Å²) in [5, 5.41) is 4.53. The molecule has 0 bridgehead atoms. The molecule has 0 radical (unpaired) electrons. The summed E-state index contributed by atoms with van der Waals surface area (Å²) in [5.74, 6) is -1.06. The highest BCUT2D eigenvalue weighted by Gasteiger charge is 2.31. The topological polar surface area (TPSA) is 58.2 Å². The summed E-state index contributed by atoms with van der Waals surface area (Å²) in [7, 11) is 2.74. The molecule has 4 nitrogen and oxygen atoms in total. The Bertz CT molecular complexity index is 876. The van der Waals surface area contributed by atoms with Gasteiger partial charge in [-0.05, 0) is 48.9 Å². The summed E-state index contributed by atoms with van der Waals surface area (Å²) in [6.07, 6.45) is -8.83. The molecule has 0 aliphatic rings. The molecule has 2 rings (SSSR count). The van der Waals surface area contributed by atoms with E-state index in [4.69, 9.17) is 0 Å². The van der Waals surface area contributed by atoms with Gasteiger partial charge < -0.3 is 10.6 Å². The fourth-order valence-corrected chi connectivity index (χ4v) is 2.20. The molecule has 0 aliphatic carbocycles. The van der Waals surface area contributed by atoms with Gasteiger partial charge in [0.25, 0.3) is 11.8 Å². The highest BCUT2D eigenvalue weighted by molar-refractivity contribution is 5.94. The Morgan fingerprint density at radius 2 is 1.21 bits per heavy atom. The lowest BCUT2D eigenvalue weighted by atomic mass is 10.1. The number of halogens is 6. The van der Waals surface area contributed by atoms with E-state index in [1.54, 1.807) is 0 Å². The number of hydrogen-bond acceptors (Lipinski definition) is 2. The molecule has 0 saturated carbocycles. The van der Waals surface area contributed by atoms with E-state index in [0.29, 0.717) is 5.56 Å². The minimum Gasteiger partial charge on any atom is -0.355 e. The minimum atomic E-state index is -4.42. The van der Waals surface area contributed by atoms with Gasteiger partial charge in [-0.2, -0.15) is 26.3 Å². The zero-order chi connectivity index (χ0) is 22.4.